The molecule has 0 aromatic heterocycles. The Kier molecular flexibility index (Phi) is 6.82. The predicted molar refractivity (Wildman–Crippen MR) is 106 cm³/mol. The zero-order chi connectivity index (χ0) is 19.3. The highest BCUT2D eigenvalue weighted by Crippen LogP contribution is 2.17. The van der Waals surface area contributed by atoms with E-state index in [1.54, 1.807) is 11.8 Å². The minimum Gasteiger partial charge on any atom is -0.325 e. The Bertz CT molecular complexity index is 850. The number of carbonyl (C=O) groups excluding carboxylic acids is 1. The summed E-state index contributed by atoms with van der Waals surface area (Å²) < 4.78 is 22.5. The smallest absolute Gasteiger partial charge is 0.241 e. The largest absolute Gasteiger partial charge is 0.325 e. The molecule has 3 N–H and O–H groups in total. The molecule has 0 fully saturated rings. The third-order valence-corrected chi connectivity index (χ3v) is 5.75. The summed E-state index contributed by atoms with van der Waals surface area (Å²) in [6, 6.07) is 13.7. The monoisotopic (exact) mass is 393 g/mol. The molecule has 0 heterocycles. The van der Waals surface area contributed by atoms with Crippen LogP contribution in [0.5, 0.6) is 0 Å². The number of thioether (sulfide) groups is 1. The Labute approximate surface area is 158 Å². The van der Waals surface area contributed by atoms with Gasteiger partial charge < -0.3 is 5.32 Å². The van der Waals surface area contributed by atoms with Crippen LogP contribution in [0, 0.1) is 0 Å². The molecule has 0 unspecified atom stereocenters. The molecule has 0 bridgehead atoms. The lowest BCUT2D eigenvalue weighted by atomic mass is 10.2. The summed E-state index contributed by atoms with van der Waals surface area (Å²) >= 11 is 1.69. The van der Waals surface area contributed by atoms with Gasteiger partial charge in [-0.2, -0.15) is 0 Å². The van der Waals surface area contributed by atoms with Gasteiger partial charge in [-0.3, -0.25) is 9.69 Å². The molecular formula is C18H23N3O3S2. The quantitative estimate of drug-likeness (QED) is 0.705. The van der Waals surface area contributed by atoms with Gasteiger partial charge in [-0.25, -0.2) is 13.6 Å². The maximum absolute atomic E-state index is 12.4. The number of nitrogens with one attached hydrogen (secondary N) is 1. The van der Waals surface area contributed by atoms with E-state index in [-0.39, 0.29) is 16.8 Å². The Morgan fingerprint density at radius 2 is 1.73 bits per heavy atom. The molecule has 0 saturated heterocycles. The first-order valence-electron chi connectivity index (χ1n) is 7.97. The summed E-state index contributed by atoms with van der Waals surface area (Å²) in [5.41, 5.74) is 1.65. The number of carbonyl (C=O) groups is 1. The number of hydrogen-bond acceptors (Lipinski definition) is 5. The number of rotatable bonds is 7. The van der Waals surface area contributed by atoms with Crippen LogP contribution >= 0.6 is 11.8 Å². The van der Waals surface area contributed by atoms with Crippen molar-refractivity contribution in [3.63, 3.8) is 0 Å². The molecular weight excluding hydrogens is 370 g/mol. The second kappa shape index (κ2) is 8.68. The maximum atomic E-state index is 12.4. The van der Waals surface area contributed by atoms with Gasteiger partial charge in [0.25, 0.3) is 0 Å². The van der Waals surface area contributed by atoms with E-state index in [2.05, 4.69) is 29.6 Å². The zero-order valence-corrected chi connectivity index (χ0v) is 16.6. The third kappa shape index (κ3) is 5.57. The number of benzene rings is 2. The van der Waals surface area contributed by atoms with Gasteiger partial charge in [0.05, 0.1) is 10.9 Å². The minimum atomic E-state index is -3.74. The highest BCUT2D eigenvalue weighted by molar-refractivity contribution is 7.98. The highest BCUT2D eigenvalue weighted by Gasteiger charge is 2.18. The molecule has 0 spiro atoms. The van der Waals surface area contributed by atoms with Crippen LogP contribution in [0.2, 0.25) is 0 Å². The summed E-state index contributed by atoms with van der Waals surface area (Å²) in [6.45, 7) is 2.47. The highest BCUT2D eigenvalue weighted by atomic mass is 32.2. The molecule has 0 radical (unpaired) electrons. The zero-order valence-electron chi connectivity index (χ0n) is 15.0. The van der Waals surface area contributed by atoms with E-state index >= 15 is 0 Å². The number of anilines is 1. The molecule has 6 nitrogen and oxygen atoms in total. The van der Waals surface area contributed by atoms with E-state index in [1.807, 2.05) is 25.1 Å². The fraction of sp³-hybridized carbons (Fsp3) is 0.278. The van der Waals surface area contributed by atoms with Gasteiger partial charge in [-0.05, 0) is 62.2 Å². The van der Waals surface area contributed by atoms with Gasteiger partial charge in [0.2, 0.25) is 15.9 Å². The number of sulfonamides is 1. The molecule has 2 aromatic rings. The first-order valence-corrected chi connectivity index (χ1v) is 10.7. The first-order chi connectivity index (χ1) is 12.2. The van der Waals surface area contributed by atoms with Crippen molar-refractivity contribution in [3.05, 3.63) is 54.1 Å². The first kappa shape index (κ1) is 20.4. The predicted octanol–water partition coefficient (Wildman–Crippen LogP) is 2.51. The lowest BCUT2D eigenvalue weighted by Gasteiger charge is -2.24. The fourth-order valence-corrected chi connectivity index (χ4v) is 3.25. The summed E-state index contributed by atoms with van der Waals surface area (Å²) in [5.74, 6) is -0.170. The van der Waals surface area contributed by atoms with Crippen molar-refractivity contribution in [3.8, 4) is 0 Å². The fourth-order valence-electron chi connectivity index (χ4n) is 2.33. The molecule has 0 aliphatic heterocycles. The minimum absolute atomic E-state index is 0.00866. The SMILES string of the molecule is CSc1ccc(CN(C)[C@@H](C)C(=O)Nc2ccc(S(N)(=O)=O)cc2)cc1. The van der Waals surface area contributed by atoms with Crippen LogP contribution in [0.3, 0.4) is 0 Å². The Hall–Kier alpha value is -1.87. The summed E-state index contributed by atoms with van der Waals surface area (Å²) in [7, 11) is -1.85. The molecule has 0 aliphatic carbocycles. The molecule has 26 heavy (non-hydrogen) atoms. The second-order valence-electron chi connectivity index (χ2n) is 6.00. The van der Waals surface area contributed by atoms with Crippen molar-refractivity contribution in [2.24, 2.45) is 5.14 Å². The molecule has 8 heteroatoms. The number of amides is 1. The standard InChI is InChI=1S/C18H23N3O3S2/c1-13(21(2)12-14-4-8-16(25-3)9-5-14)18(22)20-15-6-10-17(11-7-15)26(19,23)24/h4-11,13H,12H2,1-3H3,(H,20,22)(H2,19,23,24)/t13-/m0/s1. The van der Waals surface area contributed by atoms with Crippen molar-refractivity contribution in [1.82, 2.24) is 4.90 Å². The van der Waals surface area contributed by atoms with Crippen LogP contribution < -0.4 is 10.5 Å². The van der Waals surface area contributed by atoms with Gasteiger partial charge >= 0.3 is 0 Å². The molecule has 2 rings (SSSR count). The molecule has 1 amide bonds. The Morgan fingerprint density at radius 1 is 1.15 bits per heavy atom. The molecule has 0 saturated carbocycles. The van der Waals surface area contributed by atoms with E-state index in [0.29, 0.717) is 12.2 Å². The van der Waals surface area contributed by atoms with Crippen LogP contribution in [-0.4, -0.2) is 38.6 Å². The van der Waals surface area contributed by atoms with Crippen molar-refractivity contribution in [2.45, 2.75) is 29.3 Å². The molecule has 1 atom stereocenters. The van der Waals surface area contributed by atoms with Crippen LogP contribution in [0.15, 0.2) is 58.3 Å². The second-order valence-corrected chi connectivity index (χ2v) is 8.44. The number of likely N-dealkylation sites (N-methyl/N-ethyl adjacent to an activating group) is 1. The van der Waals surface area contributed by atoms with E-state index in [4.69, 9.17) is 5.14 Å². The van der Waals surface area contributed by atoms with Crippen molar-refractivity contribution >= 4 is 33.4 Å². The topological polar surface area (TPSA) is 92.5 Å². The van der Waals surface area contributed by atoms with E-state index in [1.165, 1.54) is 29.2 Å². The third-order valence-electron chi connectivity index (χ3n) is 4.08. The van der Waals surface area contributed by atoms with E-state index < -0.39 is 10.0 Å². The van der Waals surface area contributed by atoms with E-state index in [9.17, 15) is 13.2 Å². The molecule has 140 valence electrons. The summed E-state index contributed by atoms with van der Waals surface area (Å²) in [4.78, 5) is 15.6. The van der Waals surface area contributed by atoms with Crippen LogP contribution in [0.25, 0.3) is 0 Å². The van der Waals surface area contributed by atoms with Gasteiger partial charge in [0, 0.05) is 17.1 Å². The Balaban J connectivity index is 1.97. The summed E-state index contributed by atoms with van der Waals surface area (Å²) in [6.07, 6.45) is 2.03. The lowest BCUT2D eigenvalue weighted by Crippen LogP contribution is -2.39. The van der Waals surface area contributed by atoms with E-state index in [0.717, 1.165) is 5.56 Å². The summed E-state index contributed by atoms with van der Waals surface area (Å²) in [5, 5.41) is 7.85. The van der Waals surface area contributed by atoms with Crippen LogP contribution in [0.1, 0.15) is 12.5 Å². The van der Waals surface area contributed by atoms with Crippen LogP contribution in [-0.2, 0) is 21.4 Å². The number of nitrogens with zero attached hydrogens (tertiary/aromatic N) is 1. The lowest BCUT2D eigenvalue weighted by molar-refractivity contribution is -0.120. The van der Waals surface area contributed by atoms with Crippen molar-refractivity contribution in [1.29, 1.82) is 0 Å². The van der Waals surface area contributed by atoms with Gasteiger partial charge in [-0.1, -0.05) is 12.1 Å². The van der Waals surface area contributed by atoms with Gasteiger partial charge in [0.15, 0.2) is 0 Å². The molecule has 0 aliphatic rings. The van der Waals surface area contributed by atoms with Gasteiger partial charge in [-0.15, -0.1) is 11.8 Å². The maximum Gasteiger partial charge on any atom is 0.241 e. The number of nitrogens with two attached hydrogens (primary N) is 1. The Morgan fingerprint density at radius 3 is 2.23 bits per heavy atom. The number of hydrogen-bond donors (Lipinski definition) is 2. The molecule has 2 aromatic carbocycles. The van der Waals surface area contributed by atoms with Crippen LogP contribution in [0.4, 0.5) is 5.69 Å². The normalized spacial score (nSPS) is 12.8. The van der Waals surface area contributed by atoms with Crippen molar-refractivity contribution in [2.75, 3.05) is 18.6 Å². The number of primary sulfonamides is 1. The van der Waals surface area contributed by atoms with Crippen molar-refractivity contribution < 1.29 is 13.2 Å². The van der Waals surface area contributed by atoms with Gasteiger partial charge in [0.1, 0.15) is 0 Å². The average Bonchev–Trinajstić information content (AvgIpc) is 2.61. The average molecular weight is 394 g/mol.